The first-order valence-electron chi connectivity index (χ1n) is 13.5. The Balaban J connectivity index is 1.29. The van der Waals surface area contributed by atoms with E-state index < -0.39 is 30.4 Å². The van der Waals surface area contributed by atoms with Gasteiger partial charge in [0.05, 0.1) is 23.5 Å². The molecule has 5 rings (SSSR count). The molecule has 4 N–H and O–H groups in total. The third kappa shape index (κ3) is 6.35. The van der Waals surface area contributed by atoms with Crippen LogP contribution in [-0.2, 0) is 29.0 Å². The number of nitrogens with zero attached hydrogens (tertiary/aromatic N) is 6. The number of carboxylic acid groups (broad SMARTS) is 2. The highest BCUT2D eigenvalue weighted by Crippen LogP contribution is 2.39. The Bertz CT molecular complexity index is 1810. The Hall–Kier alpha value is -5.58. The van der Waals surface area contributed by atoms with Crippen molar-refractivity contribution in [3.63, 3.8) is 0 Å². The van der Waals surface area contributed by atoms with Gasteiger partial charge in [-0.05, 0) is 78.9 Å². The first kappa shape index (κ1) is 28.9. The van der Waals surface area contributed by atoms with Crippen molar-refractivity contribution in [1.29, 1.82) is 0 Å². The zero-order chi connectivity index (χ0) is 30.7. The fourth-order valence-electron chi connectivity index (χ4n) is 5.28. The molecule has 0 bridgehead atoms. The van der Waals surface area contributed by atoms with E-state index in [9.17, 15) is 24.3 Å². The largest absolute Gasteiger partial charge is 0.480 e. The maximum absolute atomic E-state index is 12.9. The van der Waals surface area contributed by atoms with Gasteiger partial charge in [0.25, 0.3) is 11.5 Å². The number of aromatic amines is 1. The molecule has 1 aliphatic rings. The van der Waals surface area contributed by atoms with Gasteiger partial charge in [-0.3, -0.25) is 14.4 Å². The average Bonchev–Trinajstić information content (AvgIpc) is 3.58. The quantitative estimate of drug-likeness (QED) is 0.185. The summed E-state index contributed by atoms with van der Waals surface area (Å²) in [5.41, 5.74) is 3.59. The molecule has 0 saturated heterocycles. The smallest absolute Gasteiger partial charge is 0.327 e. The Kier molecular flexibility index (Phi) is 8.15. The van der Waals surface area contributed by atoms with Crippen LogP contribution in [-0.4, -0.2) is 70.8 Å². The minimum atomic E-state index is -1.24. The number of terminal acetylenes is 1. The molecule has 0 saturated carbocycles. The minimum absolute atomic E-state index is 0.0262. The first-order chi connectivity index (χ1) is 20.6. The maximum Gasteiger partial charge on any atom is 0.327 e. The molecule has 2 heterocycles. The number of benzene rings is 2. The van der Waals surface area contributed by atoms with Crippen molar-refractivity contribution in [3.05, 3.63) is 75.1 Å². The number of rotatable bonds is 11. The molecule has 0 radical (unpaired) electrons. The van der Waals surface area contributed by atoms with E-state index in [1.807, 2.05) is 17.0 Å². The molecule has 0 spiro atoms. The lowest BCUT2D eigenvalue weighted by Crippen LogP contribution is -2.41. The molecular weight excluding hydrogens is 556 g/mol. The summed E-state index contributed by atoms with van der Waals surface area (Å²) in [6.45, 7) is 1.57. The molecule has 2 aromatic carbocycles. The van der Waals surface area contributed by atoms with Crippen molar-refractivity contribution in [1.82, 2.24) is 35.5 Å². The number of carbonyl (C=O) groups excluding carboxylic acids is 1. The molecule has 1 aliphatic carbocycles. The van der Waals surface area contributed by atoms with Crippen LogP contribution in [0.25, 0.3) is 10.9 Å². The molecule has 4 aromatic rings. The number of fused-ring (bicyclic) bond motifs is 2. The summed E-state index contributed by atoms with van der Waals surface area (Å²) < 4.78 is 0. The van der Waals surface area contributed by atoms with Crippen molar-refractivity contribution in [2.45, 2.75) is 51.2 Å². The number of nitrogens with one attached hydrogen (secondary N) is 2. The average molecular weight is 585 g/mol. The highest BCUT2D eigenvalue weighted by molar-refractivity contribution is 5.97. The van der Waals surface area contributed by atoms with Gasteiger partial charge in [0.2, 0.25) is 0 Å². The molecule has 1 amide bonds. The summed E-state index contributed by atoms with van der Waals surface area (Å²) in [7, 11) is 0. The SMILES string of the molecule is C#CCN(c1ccc(C(=O)N[C@@H](CCc2nnn(CC(=O)O)n2)C(=O)O)cc1)C1CCc2cc3nc(C)[nH]c(=O)c3cc21. The van der Waals surface area contributed by atoms with Gasteiger partial charge in [0, 0.05) is 17.7 Å². The lowest BCUT2D eigenvalue weighted by atomic mass is 10.0. The van der Waals surface area contributed by atoms with Gasteiger partial charge in [0.1, 0.15) is 11.9 Å². The van der Waals surface area contributed by atoms with Crippen molar-refractivity contribution >= 4 is 34.4 Å². The van der Waals surface area contributed by atoms with Crippen LogP contribution in [0.2, 0.25) is 0 Å². The molecule has 43 heavy (non-hydrogen) atoms. The molecule has 1 unspecified atom stereocenters. The van der Waals surface area contributed by atoms with E-state index in [4.69, 9.17) is 11.5 Å². The van der Waals surface area contributed by atoms with E-state index in [0.29, 0.717) is 23.3 Å². The standard InChI is InChI=1S/C29H28N8O6/c1-3-12-36(24-10-6-18-13-23-21(14-20(18)24)28(41)31-16(2)30-23)19-7-4-17(5-8-19)27(40)32-22(29(42)43)9-11-25-33-35-37(34-25)15-26(38)39/h1,4-5,7-8,13-14,22,24H,6,9-12,15H2,2H3,(H,32,40)(H,38,39)(H,42,43)(H,30,31,41)/t22-,24?/m0/s1. The van der Waals surface area contributed by atoms with Crippen LogP contribution in [0.3, 0.4) is 0 Å². The number of aromatic nitrogens is 6. The van der Waals surface area contributed by atoms with Gasteiger partial charge in [-0.2, -0.15) is 4.80 Å². The van der Waals surface area contributed by atoms with Gasteiger partial charge in [0.15, 0.2) is 12.4 Å². The first-order valence-corrected chi connectivity index (χ1v) is 13.5. The highest BCUT2D eigenvalue weighted by Gasteiger charge is 2.29. The van der Waals surface area contributed by atoms with E-state index in [1.165, 1.54) is 0 Å². The molecule has 0 aliphatic heterocycles. The zero-order valence-corrected chi connectivity index (χ0v) is 23.1. The van der Waals surface area contributed by atoms with Crippen LogP contribution in [0.1, 0.15) is 52.0 Å². The Labute approximate surface area is 244 Å². The second-order valence-electron chi connectivity index (χ2n) is 10.2. The van der Waals surface area contributed by atoms with Crippen LogP contribution in [0.4, 0.5) is 5.69 Å². The number of aliphatic carboxylic acids is 2. The number of amides is 1. The maximum atomic E-state index is 12.9. The van der Waals surface area contributed by atoms with Crippen LogP contribution in [0.5, 0.6) is 0 Å². The lowest BCUT2D eigenvalue weighted by molar-refractivity contribution is -0.139. The van der Waals surface area contributed by atoms with Gasteiger partial charge < -0.3 is 25.4 Å². The number of hydrogen-bond acceptors (Lipinski definition) is 9. The van der Waals surface area contributed by atoms with Crippen molar-refractivity contribution in [2.75, 3.05) is 11.4 Å². The Morgan fingerprint density at radius 3 is 2.70 bits per heavy atom. The number of hydrogen-bond donors (Lipinski definition) is 4. The third-order valence-electron chi connectivity index (χ3n) is 7.26. The molecule has 220 valence electrons. The summed E-state index contributed by atoms with van der Waals surface area (Å²) in [5, 5.41) is 32.7. The molecule has 14 nitrogen and oxygen atoms in total. The predicted octanol–water partition coefficient (Wildman–Crippen LogP) is 1.25. The lowest BCUT2D eigenvalue weighted by Gasteiger charge is -2.30. The predicted molar refractivity (Wildman–Crippen MR) is 153 cm³/mol. The number of aryl methyl sites for hydroxylation is 3. The number of carboxylic acids is 2. The molecular formula is C29H28N8O6. The fourth-order valence-corrected chi connectivity index (χ4v) is 5.28. The van der Waals surface area contributed by atoms with Crippen LogP contribution < -0.4 is 15.8 Å². The van der Waals surface area contributed by atoms with Gasteiger partial charge in [-0.15, -0.1) is 16.6 Å². The van der Waals surface area contributed by atoms with E-state index in [2.05, 4.69) is 36.6 Å². The van der Waals surface area contributed by atoms with Gasteiger partial charge >= 0.3 is 11.9 Å². The highest BCUT2D eigenvalue weighted by atomic mass is 16.4. The van der Waals surface area contributed by atoms with E-state index >= 15 is 0 Å². The van der Waals surface area contributed by atoms with Gasteiger partial charge in [-0.25, -0.2) is 9.78 Å². The topological polar surface area (TPSA) is 196 Å². The number of tetrazole rings is 1. The van der Waals surface area contributed by atoms with Crippen molar-refractivity contribution in [3.8, 4) is 12.3 Å². The molecule has 14 heteroatoms. The fraction of sp³-hybridized carbons (Fsp3) is 0.310. The minimum Gasteiger partial charge on any atom is -0.480 e. The van der Waals surface area contributed by atoms with E-state index in [0.717, 1.165) is 34.5 Å². The van der Waals surface area contributed by atoms with E-state index in [-0.39, 0.29) is 35.8 Å². The van der Waals surface area contributed by atoms with Crippen LogP contribution >= 0.6 is 0 Å². The van der Waals surface area contributed by atoms with Gasteiger partial charge in [-0.1, -0.05) is 5.92 Å². The second-order valence-corrected chi connectivity index (χ2v) is 10.2. The second kappa shape index (κ2) is 12.1. The zero-order valence-electron chi connectivity index (χ0n) is 23.1. The number of H-pyrrole nitrogens is 1. The van der Waals surface area contributed by atoms with Crippen molar-refractivity contribution < 1.29 is 24.6 Å². The molecule has 2 atom stereocenters. The summed E-state index contributed by atoms with van der Waals surface area (Å²) >= 11 is 0. The van der Waals surface area contributed by atoms with E-state index in [1.54, 1.807) is 31.2 Å². The molecule has 2 aromatic heterocycles. The van der Waals surface area contributed by atoms with Crippen LogP contribution in [0, 0.1) is 19.3 Å². The summed E-state index contributed by atoms with van der Waals surface area (Å²) in [6, 6.07) is 9.22. The summed E-state index contributed by atoms with van der Waals surface area (Å²) in [6.07, 6.45) is 7.35. The summed E-state index contributed by atoms with van der Waals surface area (Å²) in [5.74, 6) is 0.463. The monoisotopic (exact) mass is 584 g/mol. The summed E-state index contributed by atoms with van der Waals surface area (Å²) in [4.78, 5) is 58.3. The Morgan fingerprint density at radius 1 is 1.23 bits per heavy atom. The van der Waals surface area contributed by atoms with Crippen molar-refractivity contribution in [2.24, 2.45) is 0 Å². The normalized spacial score (nSPS) is 14.6. The number of anilines is 1. The number of carbonyl (C=O) groups is 3. The Morgan fingerprint density at radius 2 is 2.00 bits per heavy atom. The van der Waals surface area contributed by atoms with Crippen LogP contribution in [0.15, 0.2) is 41.2 Å². The third-order valence-corrected chi connectivity index (χ3v) is 7.26. The molecule has 0 fully saturated rings.